The topological polar surface area (TPSA) is 444 Å². The van der Waals surface area contributed by atoms with Crippen LogP contribution in [-0.2, 0) is 91.4 Å². The van der Waals surface area contributed by atoms with Gasteiger partial charge in [0.2, 0.25) is 59.1 Å². The first-order valence-corrected chi connectivity index (χ1v) is 38.0. The molecule has 7 rings (SSSR count). The van der Waals surface area contributed by atoms with Gasteiger partial charge in [-0.15, -0.1) is 0 Å². The number of hydrogen-bond acceptors (Lipinski definition) is 19. The Morgan fingerprint density at radius 2 is 0.879 bits per heavy atom. The molecule has 0 aromatic heterocycles. The lowest BCUT2D eigenvalue weighted by Crippen LogP contribution is -2.63. The number of amides is 10. The molecule has 1 aliphatic rings. The fourth-order valence-electron chi connectivity index (χ4n) is 11.9. The molecular formula is C77H99N13O15S2. The second-order valence-corrected chi connectivity index (χ2v) is 29.4. The van der Waals surface area contributed by atoms with E-state index in [1.165, 1.54) is 14.0 Å². The molecule has 1 heterocycles. The van der Waals surface area contributed by atoms with Gasteiger partial charge >= 0.3 is 5.97 Å². The first kappa shape index (κ1) is 84.5. The Morgan fingerprint density at radius 3 is 1.37 bits per heavy atom. The van der Waals surface area contributed by atoms with Gasteiger partial charge in [0.05, 0.1) is 24.9 Å². The summed E-state index contributed by atoms with van der Waals surface area (Å²) in [6.07, 6.45) is -3.62. The number of aliphatic hydroxyl groups is 3. The second-order valence-electron chi connectivity index (χ2n) is 26.8. The Labute approximate surface area is 630 Å². The van der Waals surface area contributed by atoms with Crippen molar-refractivity contribution in [2.24, 2.45) is 11.5 Å². The van der Waals surface area contributed by atoms with Crippen molar-refractivity contribution in [2.45, 2.75) is 170 Å². The summed E-state index contributed by atoms with van der Waals surface area (Å²) in [6, 6.07) is 28.4. The van der Waals surface area contributed by atoms with Gasteiger partial charge in [-0.05, 0) is 83.8 Å². The van der Waals surface area contributed by atoms with E-state index in [1.807, 2.05) is 62.4 Å². The van der Waals surface area contributed by atoms with Gasteiger partial charge in [0.25, 0.3) is 0 Å². The van der Waals surface area contributed by atoms with Crippen molar-refractivity contribution in [3.05, 3.63) is 191 Å². The smallest absolute Gasteiger partial charge is 0.327 e. The highest BCUT2D eigenvalue weighted by atomic mass is 33.1. The molecule has 28 nitrogen and oxygen atoms in total. The van der Waals surface area contributed by atoms with Gasteiger partial charge < -0.3 is 90.0 Å². The highest BCUT2D eigenvalue weighted by molar-refractivity contribution is 8.76. The molecule has 1 saturated heterocycles. The summed E-state index contributed by atoms with van der Waals surface area (Å²) in [6.45, 7) is 5.97. The molecule has 6 aromatic rings. The number of rotatable bonds is 21. The van der Waals surface area contributed by atoms with Crippen molar-refractivity contribution in [2.75, 3.05) is 31.7 Å². The molecule has 0 radical (unpaired) electrons. The number of unbranched alkanes of at least 4 members (excludes halogenated alkanes) is 1. The fourth-order valence-corrected chi connectivity index (χ4v) is 14.2. The Hall–Kier alpha value is -9.79. The van der Waals surface area contributed by atoms with Crippen LogP contribution in [0.25, 0.3) is 10.8 Å². The number of carboxylic acid groups (broad SMARTS) is 1. The molecule has 107 heavy (non-hydrogen) atoms. The Bertz CT molecular complexity index is 3960. The van der Waals surface area contributed by atoms with Crippen LogP contribution in [0.15, 0.2) is 158 Å². The molecule has 0 aliphatic carbocycles. The van der Waals surface area contributed by atoms with Crippen LogP contribution in [0.3, 0.4) is 0 Å². The van der Waals surface area contributed by atoms with Crippen LogP contribution >= 0.6 is 21.6 Å². The lowest BCUT2D eigenvalue weighted by atomic mass is 9.98. The maximum Gasteiger partial charge on any atom is 0.327 e. The maximum atomic E-state index is 15.7. The number of fused-ring (bicyclic) bond motifs is 1. The largest absolute Gasteiger partial charge is 0.480 e. The molecule has 0 saturated carbocycles. The summed E-state index contributed by atoms with van der Waals surface area (Å²) in [5.74, 6) is -11.8. The van der Waals surface area contributed by atoms with Crippen LogP contribution in [0.1, 0.15) is 80.3 Å². The number of nitrogens with one attached hydrogen (secondary N) is 10. The van der Waals surface area contributed by atoms with Crippen LogP contribution < -0.4 is 64.6 Å². The molecule has 1 aliphatic heterocycles. The lowest BCUT2D eigenvalue weighted by molar-refractivity contribution is -0.146. The van der Waals surface area contributed by atoms with E-state index < -0.39 is 150 Å². The molecule has 0 unspecified atom stereocenters. The molecule has 0 bridgehead atoms. The first-order valence-electron chi connectivity index (χ1n) is 35.5. The van der Waals surface area contributed by atoms with Crippen LogP contribution in [-0.4, -0.2) is 207 Å². The number of benzene rings is 6. The number of carbonyl (C=O) groups is 11. The predicted octanol–water partition coefficient (Wildman–Crippen LogP) is 0.731. The Balaban J connectivity index is 1.33. The van der Waals surface area contributed by atoms with E-state index >= 15 is 24.0 Å². The molecule has 30 heteroatoms. The number of carbonyl (C=O) groups excluding carboxylic acids is 10. The first-order chi connectivity index (χ1) is 51.2. The van der Waals surface area contributed by atoms with Gasteiger partial charge in [-0.3, -0.25) is 47.9 Å². The van der Waals surface area contributed by atoms with Gasteiger partial charge in [0.15, 0.2) is 0 Å². The summed E-state index contributed by atoms with van der Waals surface area (Å²) in [7, 11) is 3.06. The number of nitrogens with two attached hydrogens (primary N) is 2. The van der Waals surface area contributed by atoms with Crippen LogP contribution in [0.4, 0.5) is 0 Å². The molecular weight excluding hydrogens is 1410 g/mol. The fraction of sp³-hybridized carbons (Fsp3) is 0.416. The van der Waals surface area contributed by atoms with Gasteiger partial charge in [-0.2, -0.15) is 0 Å². The molecule has 574 valence electrons. The van der Waals surface area contributed by atoms with E-state index in [1.54, 1.807) is 109 Å². The van der Waals surface area contributed by atoms with E-state index in [4.69, 9.17) is 11.5 Å². The number of aliphatic carboxylic acids is 1. The number of carboxylic acids is 1. The van der Waals surface area contributed by atoms with Crippen LogP contribution in [0.2, 0.25) is 0 Å². The zero-order chi connectivity index (χ0) is 77.7. The average Bonchev–Trinajstić information content (AvgIpc) is 0.822. The second kappa shape index (κ2) is 42.5. The maximum absolute atomic E-state index is 15.7. The van der Waals surface area contributed by atoms with Gasteiger partial charge in [0, 0.05) is 63.2 Å². The van der Waals surface area contributed by atoms with Crippen LogP contribution in [0.5, 0.6) is 0 Å². The lowest BCUT2D eigenvalue weighted by Gasteiger charge is -2.34. The van der Waals surface area contributed by atoms with Crippen molar-refractivity contribution in [3.63, 3.8) is 0 Å². The minimum Gasteiger partial charge on any atom is -0.480 e. The Kier molecular flexibility index (Phi) is 33.6. The molecule has 18 N–H and O–H groups in total. The summed E-state index contributed by atoms with van der Waals surface area (Å²) >= 11 is 0. The zero-order valence-corrected chi connectivity index (χ0v) is 62.1. The Morgan fingerprint density at radius 1 is 0.467 bits per heavy atom. The molecule has 6 aromatic carbocycles. The molecule has 10 amide bonds. The number of nitrogens with zero attached hydrogens (tertiary/aromatic N) is 1. The van der Waals surface area contributed by atoms with Crippen molar-refractivity contribution in [1.82, 2.24) is 58.1 Å². The summed E-state index contributed by atoms with van der Waals surface area (Å²) in [4.78, 5) is 162. The van der Waals surface area contributed by atoms with Gasteiger partial charge in [-0.1, -0.05) is 193 Å². The van der Waals surface area contributed by atoms with E-state index in [0.717, 1.165) is 49.7 Å². The summed E-state index contributed by atoms with van der Waals surface area (Å²) in [5.41, 5.74) is 15.9. The van der Waals surface area contributed by atoms with E-state index in [0.29, 0.717) is 47.2 Å². The average molecular weight is 1510 g/mol. The van der Waals surface area contributed by atoms with E-state index in [9.17, 15) is 49.2 Å². The zero-order valence-electron chi connectivity index (χ0n) is 60.5. The third-order valence-corrected chi connectivity index (χ3v) is 20.3. The molecule has 0 spiro atoms. The number of likely N-dealkylation sites (N-methyl/N-ethyl adjacent to an activating group) is 1. The molecule has 1 fully saturated rings. The van der Waals surface area contributed by atoms with Crippen molar-refractivity contribution < 1.29 is 73.2 Å². The number of hydrogen-bond donors (Lipinski definition) is 16. The predicted molar refractivity (Wildman–Crippen MR) is 408 cm³/mol. The third kappa shape index (κ3) is 26.6. The SMILES string of the molecule is CC(C)NCc1ccc(C[C@@H]2NC(=O)[C@H](Cc3ccc4ccccc4c3)NC(=O)[C@H](Cc3ccccc3)NC(=O)[C@@H](Cc3ccccc3)NC(=O)[C@@H](CCCCN)NC(=O)[C@H](N)CSSC[C@@H](C(=O)O)NC(=O)[C@H](CO)NC(=O)[C@@H]([C@@H](C)O)NC(=O)[C@H](Cc3ccccc3)NC(=O)[C@@H]([C@@H](C)O)N(C)C2=O)cc1. The van der Waals surface area contributed by atoms with Crippen molar-refractivity contribution in [3.8, 4) is 0 Å². The highest BCUT2D eigenvalue weighted by Crippen LogP contribution is 2.24. The van der Waals surface area contributed by atoms with Crippen molar-refractivity contribution in [1.29, 1.82) is 0 Å². The van der Waals surface area contributed by atoms with Gasteiger partial charge in [0.1, 0.15) is 60.4 Å². The number of aliphatic hydroxyl groups excluding tert-OH is 3. The standard InChI is InChI=1S/C77H99N13O15S2/c1-45(2)80-41-52-30-28-51(29-31-52)39-62-76(103)90(5)66(47(4)93)75(102)85-60(38-50-23-13-8-14-24-50)72(99)89-65(46(3)92)74(101)87-63(42-91)73(100)88-64(77(104)105)44-107-106-43-56(79)67(94)81-57(27-17-18-34-78)68(95)82-58(36-48-19-9-6-10-20-48)69(96)83-59(37-49-21-11-7-12-22-49)70(97)84-61(71(98)86-62)40-53-32-33-54-25-15-16-26-55(54)35-53/h6-16,19-26,28-33,35,45-47,56-66,80,91-93H,17-18,27,34,36-44,78-79H2,1-5H3,(H,81,94)(H,82,95)(H,83,96)(H,84,97)(H,85,102)(H,86,98)(H,87,101)(H,88,100)(H,89,99)(H,104,105)/t46-,47-,56-,57-,58-,59+,60+,61+,62+,63+,64+,65-,66-/m1/s1. The quantitative estimate of drug-likeness (QED) is 0.0349. The van der Waals surface area contributed by atoms with E-state index in [-0.39, 0.29) is 62.6 Å². The third-order valence-electron chi connectivity index (χ3n) is 17.9. The van der Waals surface area contributed by atoms with Crippen LogP contribution in [0, 0.1) is 0 Å². The normalized spacial score (nSPS) is 23.6. The minimum absolute atomic E-state index is 0.0310. The van der Waals surface area contributed by atoms with Crippen molar-refractivity contribution >= 4 is 97.4 Å². The minimum atomic E-state index is -1.91. The summed E-state index contributed by atoms with van der Waals surface area (Å²) in [5, 5.41) is 72.0. The monoisotopic (exact) mass is 1510 g/mol. The van der Waals surface area contributed by atoms with E-state index in [2.05, 4.69) is 53.2 Å². The summed E-state index contributed by atoms with van der Waals surface area (Å²) < 4.78 is 0. The van der Waals surface area contributed by atoms with Gasteiger partial charge in [-0.25, -0.2) is 4.79 Å². The molecule has 13 atom stereocenters. The highest BCUT2D eigenvalue weighted by Gasteiger charge is 2.41.